The summed E-state index contributed by atoms with van der Waals surface area (Å²) in [5.41, 5.74) is 0.922. The molecule has 1 atom stereocenters. The van der Waals surface area contributed by atoms with E-state index in [1.54, 1.807) is 38.1 Å². The number of anilines is 1. The van der Waals surface area contributed by atoms with Crippen molar-refractivity contribution in [2.75, 3.05) is 11.9 Å². The van der Waals surface area contributed by atoms with Crippen LogP contribution < -0.4 is 10.1 Å². The molecule has 1 amide bonds. The van der Waals surface area contributed by atoms with Crippen molar-refractivity contribution in [3.05, 3.63) is 66.5 Å². The van der Waals surface area contributed by atoms with Gasteiger partial charge in [0, 0.05) is 5.69 Å². The maximum atomic E-state index is 12.4. The third kappa shape index (κ3) is 5.86. The summed E-state index contributed by atoms with van der Waals surface area (Å²) in [7, 11) is 0. The molecule has 2 N–H and O–H groups in total. The van der Waals surface area contributed by atoms with Gasteiger partial charge in [0.25, 0.3) is 0 Å². The van der Waals surface area contributed by atoms with Gasteiger partial charge in [-0.3, -0.25) is 4.79 Å². The molecule has 1 aromatic heterocycles. The molecule has 3 rings (SSSR count). The number of aromatic nitrogens is 2. The van der Waals surface area contributed by atoms with Crippen LogP contribution in [-0.4, -0.2) is 33.7 Å². The lowest BCUT2D eigenvalue weighted by molar-refractivity contribution is -0.115. The van der Waals surface area contributed by atoms with E-state index in [0.717, 1.165) is 5.75 Å². The van der Waals surface area contributed by atoms with Gasteiger partial charge >= 0.3 is 5.97 Å². The van der Waals surface area contributed by atoms with Gasteiger partial charge in [-0.2, -0.15) is 0 Å². The second kappa shape index (κ2) is 9.79. The molecule has 0 spiro atoms. The fourth-order valence-electron chi connectivity index (χ4n) is 2.37. The molecule has 0 aliphatic heterocycles. The molecule has 1 unspecified atom stereocenters. The Morgan fingerprint density at radius 1 is 1.10 bits per heavy atom. The number of amides is 1. The molecule has 150 valence electrons. The monoisotopic (exact) mass is 411 g/mol. The van der Waals surface area contributed by atoms with Crippen LogP contribution in [0.25, 0.3) is 0 Å². The Kier molecular flexibility index (Phi) is 6.91. The molecule has 0 saturated heterocycles. The summed E-state index contributed by atoms with van der Waals surface area (Å²) in [4.78, 5) is 31.1. The zero-order chi connectivity index (χ0) is 20.6. The van der Waals surface area contributed by atoms with E-state index in [1.807, 2.05) is 30.3 Å². The third-order valence-corrected chi connectivity index (χ3v) is 4.80. The van der Waals surface area contributed by atoms with Gasteiger partial charge in [0.2, 0.25) is 5.91 Å². The Morgan fingerprint density at radius 2 is 1.79 bits per heavy atom. The Balaban J connectivity index is 1.53. The number of ether oxygens (including phenoxy) is 2. The first-order chi connectivity index (χ1) is 14.0. The Bertz CT molecular complexity index is 958. The van der Waals surface area contributed by atoms with Gasteiger partial charge in [-0.1, -0.05) is 30.0 Å². The SMILES string of the molecule is CCOC(=O)c1cnc(SC(C)C(=O)Nc2ccc(Oc3ccccc3)cc2)[nH]1. The van der Waals surface area contributed by atoms with Crippen LogP contribution in [0.2, 0.25) is 0 Å². The van der Waals surface area contributed by atoms with Gasteiger partial charge in [0.05, 0.1) is 18.1 Å². The molecule has 0 bridgehead atoms. The van der Waals surface area contributed by atoms with Crippen LogP contribution in [0.1, 0.15) is 24.3 Å². The second-order valence-corrected chi connectivity index (χ2v) is 7.34. The number of carbonyl (C=O) groups excluding carboxylic acids is 2. The van der Waals surface area contributed by atoms with E-state index >= 15 is 0 Å². The number of esters is 1. The van der Waals surface area contributed by atoms with Crippen molar-refractivity contribution in [1.29, 1.82) is 0 Å². The van der Waals surface area contributed by atoms with E-state index in [-0.39, 0.29) is 18.2 Å². The van der Waals surface area contributed by atoms with Crippen LogP contribution >= 0.6 is 11.8 Å². The summed E-state index contributed by atoms with van der Waals surface area (Å²) in [5.74, 6) is 0.774. The first kappa shape index (κ1) is 20.5. The Morgan fingerprint density at radius 3 is 2.48 bits per heavy atom. The third-order valence-electron chi connectivity index (χ3n) is 3.81. The average molecular weight is 411 g/mol. The molecule has 0 fully saturated rings. The highest BCUT2D eigenvalue weighted by atomic mass is 32.2. The normalized spacial score (nSPS) is 11.5. The number of carbonyl (C=O) groups is 2. The Hall–Kier alpha value is -3.26. The van der Waals surface area contributed by atoms with E-state index < -0.39 is 11.2 Å². The molecule has 0 aliphatic rings. The van der Waals surface area contributed by atoms with Crippen LogP contribution in [-0.2, 0) is 9.53 Å². The molecular formula is C21H21N3O4S. The molecule has 0 aliphatic carbocycles. The zero-order valence-corrected chi connectivity index (χ0v) is 16.9. The number of hydrogen-bond donors (Lipinski definition) is 2. The minimum absolute atomic E-state index is 0.180. The molecule has 1 heterocycles. The fourth-order valence-corrected chi connectivity index (χ4v) is 3.15. The number of hydrogen-bond acceptors (Lipinski definition) is 6. The molecule has 3 aromatic rings. The van der Waals surface area contributed by atoms with Crippen LogP contribution in [0.15, 0.2) is 66.0 Å². The summed E-state index contributed by atoms with van der Waals surface area (Å²) in [5, 5.41) is 2.91. The van der Waals surface area contributed by atoms with E-state index in [2.05, 4.69) is 15.3 Å². The van der Waals surface area contributed by atoms with E-state index in [9.17, 15) is 9.59 Å². The standard InChI is InChI=1S/C21H21N3O4S/c1-3-27-20(26)18-13-22-21(24-18)29-14(2)19(25)23-15-9-11-17(12-10-15)28-16-7-5-4-6-8-16/h4-14H,3H2,1-2H3,(H,22,24)(H,23,25). The van der Waals surface area contributed by atoms with E-state index in [4.69, 9.17) is 9.47 Å². The first-order valence-electron chi connectivity index (χ1n) is 9.07. The maximum Gasteiger partial charge on any atom is 0.356 e. The van der Waals surface area contributed by atoms with Crippen molar-refractivity contribution in [3.63, 3.8) is 0 Å². The van der Waals surface area contributed by atoms with Crippen molar-refractivity contribution < 1.29 is 19.1 Å². The minimum Gasteiger partial charge on any atom is -0.461 e. The van der Waals surface area contributed by atoms with Gasteiger partial charge in [-0.25, -0.2) is 9.78 Å². The van der Waals surface area contributed by atoms with Crippen molar-refractivity contribution in [2.45, 2.75) is 24.3 Å². The van der Waals surface area contributed by atoms with Crippen LogP contribution in [0.5, 0.6) is 11.5 Å². The molecule has 0 saturated carbocycles. The number of nitrogens with zero attached hydrogens (tertiary/aromatic N) is 1. The van der Waals surface area contributed by atoms with Gasteiger partial charge in [-0.05, 0) is 50.2 Å². The minimum atomic E-state index is -0.471. The topological polar surface area (TPSA) is 93.3 Å². The van der Waals surface area contributed by atoms with Crippen LogP contribution in [0.3, 0.4) is 0 Å². The molecule has 7 nitrogen and oxygen atoms in total. The number of aromatic amines is 1. The molecule has 0 radical (unpaired) electrons. The molecular weight excluding hydrogens is 390 g/mol. The van der Waals surface area contributed by atoms with E-state index in [1.165, 1.54) is 18.0 Å². The lowest BCUT2D eigenvalue weighted by atomic mass is 10.3. The van der Waals surface area contributed by atoms with Crippen molar-refractivity contribution in [3.8, 4) is 11.5 Å². The smallest absolute Gasteiger partial charge is 0.356 e. The highest BCUT2D eigenvalue weighted by Crippen LogP contribution is 2.24. The zero-order valence-electron chi connectivity index (χ0n) is 16.0. The number of para-hydroxylation sites is 1. The lowest BCUT2D eigenvalue weighted by Crippen LogP contribution is -2.22. The second-order valence-electron chi connectivity index (χ2n) is 6.01. The van der Waals surface area contributed by atoms with E-state index in [0.29, 0.717) is 16.6 Å². The number of nitrogens with one attached hydrogen (secondary N) is 2. The highest BCUT2D eigenvalue weighted by molar-refractivity contribution is 8.00. The van der Waals surface area contributed by atoms with Gasteiger partial charge in [0.1, 0.15) is 17.2 Å². The van der Waals surface area contributed by atoms with Crippen LogP contribution in [0.4, 0.5) is 5.69 Å². The van der Waals surface area contributed by atoms with Crippen molar-refractivity contribution in [1.82, 2.24) is 9.97 Å². The summed E-state index contributed by atoms with van der Waals surface area (Å²) in [6, 6.07) is 16.6. The number of benzene rings is 2. The number of rotatable bonds is 8. The predicted molar refractivity (Wildman–Crippen MR) is 111 cm³/mol. The van der Waals surface area contributed by atoms with Gasteiger partial charge in [-0.15, -0.1) is 0 Å². The summed E-state index contributed by atoms with van der Waals surface area (Å²) in [6.07, 6.45) is 1.40. The summed E-state index contributed by atoms with van der Waals surface area (Å²) >= 11 is 1.22. The number of H-pyrrole nitrogens is 1. The Labute approximate surface area is 172 Å². The largest absolute Gasteiger partial charge is 0.461 e. The fraction of sp³-hybridized carbons (Fsp3) is 0.190. The quantitative estimate of drug-likeness (QED) is 0.419. The average Bonchev–Trinajstić information content (AvgIpc) is 3.19. The molecule has 2 aromatic carbocycles. The lowest BCUT2D eigenvalue weighted by Gasteiger charge is -2.11. The van der Waals surface area contributed by atoms with Gasteiger partial charge < -0.3 is 19.8 Å². The maximum absolute atomic E-state index is 12.4. The van der Waals surface area contributed by atoms with Crippen molar-refractivity contribution in [2.24, 2.45) is 0 Å². The first-order valence-corrected chi connectivity index (χ1v) is 9.95. The molecule has 8 heteroatoms. The van der Waals surface area contributed by atoms with Gasteiger partial charge in [0.15, 0.2) is 5.16 Å². The number of thioether (sulfide) groups is 1. The van der Waals surface area contributed by atoms with Crippen molar-refractivity contribution >= 4 is 29.3 Å². The predicted octanol–water partition coefficient (Wildman–Crippen LogP) is 4.50. The highest BCUT2D eigenvalue weighted by Gasteiger charge is 2.18. The number of imidazole rings is 1. The summed E-state index contributed by atoms with van der Waals surface area (Å²) in [6.45, 7) is 3.78. The molecule has 29 heavy (non-hydrogen) atoms. The van der Waals surface area contributed by atoms with Crippen LogP contribution in [0, 0.1) is 0 Å². The summed E-state index contributed by atoms with van der Waals surface area (Å²) < 4.78 is 10.6.